The summed E-state index contributed by atoms with van der Waals surface area (Å²) in [7, 11) is 0. The minimum atomic E-state index is -1.38. The van der Waals surface area contributed by atoms with Crippen LogP contribution in [0.4, 0.5) is 0 Å². The Balaban J connectivity index is 1.61. The second-order valence-electron chi connectivity index (χ2n) is 10.3. The molecule has 2 aliphatic carbocycles. The first-order valence-electron chi connectivity index (χ1n) is 11.7. The lowest BCUT2D eigenvalue weighted by Crippen LogP contribution is -2.51. The van der Waals surface area contributed by atoms with Gasteiger partial charge in [-0.3, -0.25) is 4.79 Å². The fourth-order valence-corrected chi connectivity index (χ4v) is 6.21. The van der Waals surface area contributed by atoms with Gasteiger partial charge in [-0.25, -0.2) is 0 Å². The lowest BCUT2D eigenvalue weighted by molar-refractivity contribution is -0.124. The standard InChI is InChI=1S/C28H30ClN3O/c1-18-13-14-21(27(2,3)19-9-5-4-6-10-19)23(15-18)32-26(33)25-24(28(25,16-30)17-31)20-11-7-8-12-22(20)29/h4-12,18,21,23-25H,13-15H2,1-3H3,(H,32,33)/t18-,21-,23-,24+,25-/m1/s1. The minimum absolute atomic E-state index is 0.0148. The summed E-state index contributed by atoms with van der Waals surface area (Å²) in [5.74, 6) is -0.673. The Kier molecular flexibility index (Phi) is 6.26. The number of rotatable bonds is 5. The molecule has 170 valence electrons. The fraction of sp³-hybridized carbons (Fsp3) is 0.464. The van der Waals surface area contributed by atoms with Crippen molar-refractivity contribution in [1.29, 1.82) is 10.5 Å². The van der Waals surface area contributed by atoms with Crippen molar-refractivity contribution in [3.63, 3.8) is 0 Å². The van der Waals surface area contributed by atoms with Gasteiger partial charge in [0.2, 0.25) is 5.91 Å². The van der Waals surface area contributed by atoms with Gasteiger partial charge in [0.25, 0.3) is 0 Å². The minimum Gasteiger partial charge on any atom is -0.353 e. The zero-order chi connectivity index (χ0) is 23.8. The van der Waals surface area contributed by atoms with Gasteiger partial charge in [-0.15, -0.1) is 0 Å². The van der Waals surface area contributed by atoms with Crippen molar-refractivity contribution in [2.24, 2.45) is 23.2 Å². The van der Waals surface area contributed by atoms with E-state index < -0.39 is 17.3 Å². The predicted octanol–water partition coefficient (Wildman–Crippen LogP) is 5.99. The Morgan fingerprint density at radius 3 is 2.33 bits per heavy atom. The van der Waals surface area contributed by atoms with E-state index >= 15 is 0 Å². The smallest absolute Gasteiger partial charge is 0.226 e. The number of hydrogen-bond donors (Lipinski definition) is 1. The maximum atomic E-state index is 13.6. The van der Waals surface area contributed by atoms with Crippen molar-refractivity contribution < 1.29 is 4.79 Å². The molecule has 2 saturated carbocycles. The molecule has 0 aromatic heterocycles. The van der Waals surface area contributed by atoms with E-state index in [0.29, 0.717) is 16.5 Å². The van der Waals surface area contributed by atoms with Gasteiger partial charge in [0.05, 0.1) is 18.1 Å². The molecule has 5 atom stereocenters. The highest BCUT2D eigenvalue weighted by molar-refractivity contribution is 6.31. The van der Waals surface area contributed by atoms with E-state index in [1.165, 1.54) is 5.56 Å². The first kappa shape index (κ1) is 23.3. The molecule has 2 aliphatic rings. The third-order valence-electron chi connectivity index (χ3n) is 7.98. The predicted molar refractivity (Wildman–Crippen MR) is 129 cm³/mol. The van der Waals surface area contributed by atoms with Gasteiger partial charge in [-0.2, -0.15) is 10.5 Å². The molecule has 0 spiro atoms. The van der Waals surface area contributed by atoms with E-state index in [4.69, 9.17) is 11.6 Å². The molecule has 5 heteroatoms. The number of halogens is 1. The Labute approximate surface area is 201 Å². The third kappa shape index (κ3) is 4.03. The highest BCUT2D eigenvalue weighted by Crippen LogP contribution is 2.65. The summed E-state index contributed by atoms with van der Waals surface area (Å²) in [4.78, 5) is 13.6. The molecule has 0 heterocycles. The lowest BCUT2D eigenvalue weighted by Gasteiger charge is -2.45. The molecular weight excluding hydrogens is 430 g/mol. The zero-order valence-electron chi connectivity index (χ0n) is 19.4. The summed E-state index contributed by atoms with van der Waals surface area (Å²) in [5.41, 5.74) is 0.458. The van der Waals surface area contributed by atoms with Crippen LogP contribution in [-0.4, -0.2) is 11.9 Å². The average molecular weight is 460 g/mol. The number of hydrogen-bond acceptors (Lipinski definition) is 3. The van der Waals surface area contributed by atoms with Crippen LogP contribution in [0, 0.1) is 45.8 Å². The van der Waals surface area contributed by atoms with Crippen LogP contribution in [-0.2, 0) is 10.2 Å². The molecule has 4 rings (SSSR count). The third-order valence-corrected chi connectivity index (χ3v) is 8.33. The quantitative estimate of drug-likeness (QED) is 0.596. The summed E-state index contributed by atoms with van der Waals surface area (Å²) in [5, 5.41) is 23.5. The van der Waals surface area contributed by atoms with E-state index in [1.807, 2.05) is 24.3 Å². The van der Waals surface area contributed by atoms with Crippen molar-refractivity contribution in [3.05, 3.63) is 70.7 Å². The molecule has 0 radical (unpaired) electrons. The van der Waals surface area contributed by atoms with Crippen molar-refractivity contribution >= 4 is 17.5 Å². The van der Waals surface area contributed by atoms with Gasteiger partial charge in [0, 0.05) is 17.0 Å². The number of benzene rings is 2. The molecule has 33 heavy (non-hydrogen) atoms. The molecule has 0 unspecified atom stereocenters. The highest BCUT2D eigenvalue weighted by atomic mass is 35.5. The largest absolute Gasteiger partial charge is 0.353 e. The zero-order valence-corrected chi connectivity index (χ0v) is 20.1. The topological polar surface area (TPSA) is 76.7 Å². The molecular formula is C28H30ClN3O. The van der Waals surface area contributed by atoms with Crippen molar-refractivity contribution in [2.75, 3.05) is 0 Å². The summed E-state index contributed by atoms with van der Waals surface area (Å²) >= 11 is 6.38. The summed E-state index contributed by atoms with van der Waals surface area (Å²) in [6.07, 6.45) is 3.04. The number of nitriles is 2. The van der Waals surface area contributed by atoms with Crippen LogP contribution < -0.4 is 5.32 Å². The van der Waals surface area contributed by atoms with Crippen LogP contribution in [0.3, 0.4) is 0 Å². The van der Waals surface area contributed by atoms with E-state index in [2.05, 4.69) is 62.5 Å². The van der Waals surface area contributed by atoms with E-state index in [9.17, 15) is 15.3 Å². The van der Waals surface area contributed by atoms with Crippen LogP contribution in [0.2, 0.25) is 5.02 Å². The van der Waals surface area contributed by atoms with Crippen LogP contribution in [0.25, 0.3) is 0 Å². The molecule has 0 bridgehead atoms. The van der Waals surface area contributed by atoms with Crippen LogP contribution in [0.5, 0.6) is 0 Å². The molecule has 1 N–H and O–H groups in total. The Morgan fingerprint density at radius 2 is 1.70 bits per heavy atom. The Hall–Kier alpha value is -2.82. The maximum Gasteiger partial charge on any atom is 0.226 e. The van der Waals surface area contributed by atoms with Crippen LogP contribution in [0.15, 0.2) is 54.6 Å². The van der Waals surface area contributed by atoms with Gasteiger partial charge >= 0.3 is 0 Å². The van der Waals surface area contributed by atoms with Crippen molar-refractivity contribution in [1.82, 2.24) is 5.32 Å². The van der Waals surface area contributed by atoms with Gasteiger partial charge < -0.3 is 5.32 Å². The summed E-state index contributed by atoms with van der Waals surface area (Å²) in [6, 6.07) is 21.9. The normalized spacial score (nSPS) is 28.2. The number of amides is 1. The lowest BCUT2D eigenvalue weighted by atomic mass is 9.63. The first-order chi connectivity index (χ1) is 15.8. The summed E-state index contributed by atoms with van der Waals surface area (Å²) in [6.45, 7) is 6.73. The Bertz CT molecular complexity index is 1100. The van der Waals surface area contributed by atoms with Gasteiger partial charge in [-0.05, 0) is 47.3 Å². The van der Waals surface area contributed by atoms with Gasteiger partial charge in [0.1, 0.15) is 0 Å². The number of nitrogens with zero attached hydrogens (tertiary/aromatic N) is 2. The van der Waals surface area contributed by atoms with E-state index in [0.717, 1.165) is 19.3 Å². The van der Waals surface area contributed by atoms with E-state index in [-0.39, 0.29) is 23.3 Å². The van der Waals surface area contributed by atoms with Crippen LogP contribution >= 0.6 is 11.6 Å². The van der Waals surface area contributed by atoms with Gasteiger partial charge in [0.15, 0.2) is 5.41 Å². The Morgan fingerprint density at radius 1 is 1.06 bits per heavy atom. The number of nitrogens with one attached hydrogen (secondary N) is 1. The van der Waals surface area contributed by atoms with Crippen molar-refractivity contribution in [2.45, 2.75) is 57.4 Å². The fourth-order valence-electron chi connectivity index (χ4n) is 5.96. The molecule has 1 amide bonds. The van der Waals surface area contributed by atoms with Crippen molar-refractivity contribution in [3.8, 4) is 12.1 Å². The number of carbonyl (C=O) groups excluding carboxylic acids is 1. The second kappa shape index (κ2) is 8.85. The molecule has 0 saturated heterocycles. The molecule has 0 aliphatic heterocycles. The van der Waals surface area contributed by atoms with E-state index in [1.54, 1.807) is 6.07 Å². The summed E-state index contributed by atoms with van der Waals surface area (Å²) < 4.78 is 0. The molecule has 2 fully saturated rings. The average Bonchev–Trinajstić information content (AvgIpc) is 3.49. The maximum absolute atomic E-state index is 13.6. The SMILES string of the molecule is C[C@@H]1CC[C@@H](C(C)(C)c2ccccc2)[C@H](NC(=O)[C@H]2[C@H](c3ccccc3Cl)C2(C#N)C#N)C1. The number of carbonyl (C=O) groups is 1. The molecule has 4 nitrogen and oxygen atoms in total. The highest BCUT2D eigenvalue weighted by Gasteiger charge is 2.71. The first-order valence-corrected chi connectivity index (χ1v) is 12.1. The monoisotopic (exact) mass is 459 g/mol. The molecule has 2 aromatic carbocycles. The molecule has 2 aromatic rings. The van der Waals surface area contributed by atoms with Crippen LogP contribution in [0.1, 0.15) is 57.1 Å². The van der Waals surface area contributed by atoms with Gasteiger partial charge in [-0.1, -0.05) is 87.3 Å². The second-order valence-corrected chi connectivity index (χ2v) is 10.7.